The van der Waals surface area contributed by atoms with Gasteiger partial charge in [0, 0.05) is 12.2 Å². The fourth-order valence-corrected chi connectivity index (χ4v) is 2.37. The molecule has 0 aliphatic heterocycles. The van der Waals surface area contributed by atoms with Gasteiger partial charge in [-0.3, -0.25) is 0 Å². The van der Waals surface area contributed by atoms with Crippen LogP contribution in [0.25, 0.3) is 0 Å². The molecule has 1 atom stereocenters. The minimum absolute atomic E-state index is 0.327. The van der Waals surface area contributed by atoms with Gasteiger partial charge in [-0.15, -0.1) is 0 Å². The van der Waals surface area contributed by atoms with Crippen LogP contribution in [0.2, 0.25) is 0 Å². The molecule has 0 fully saturated rings. The summed E-state index contributed by atoms with van der Waals surface area (Å²) in [5.41, 5.74) is 1.57. The van der Waals surface area contributed by atoms with Crippen molar-refractivity contribution in [1.82, 2.24) is 0 Å². The van der Waals surface area contributed by atoms with E-state index in [-0.39, 0.29) is 0 Å². The van der Waals surface area contributed by atoms with Crippen LogP contribution < -0.4 is 5.32 Å². The van der Waals surface area contributed by atoms with Crippen LogP contribution in [0.15, 0.2) is 24.3 Å². The Balaban J connectivity index is 2.41. The van der Waals surface area contributed by atoms with Crippen LogP contribution in [0.5, 0.6) is 0 Å². The number of carboxylic acid groups (broad SMARTS) is 1. The molecule has 0 spiro atoms. The molecule has 3 nitrogen and oxygen atoms in total. The summed E-state index contributed by atoms with van der Waals surface area (Å²) in [5.74, 6) is -0.222. The molecule has 0 aliphatic carbocycles. The summed E-state index contributed by atoms with van der Waals surface area (Å²) in [4.78, 5) is 10.9. The number of hydrogen-bond donors (Lipinski definition) is 2. The maximum Gasteiger partial charge on any atom is 0.335 e. The van der Waals surface area contributed by atoms with E-state index >= 15 is 0 Å². The van der Waals surface area contributed by atoms with Crippen molar-refractivity contribution in [2.75, 3.05) is 11.9 Å². The average molecular weight is 263 g/mol. The molecule has 19 heavy (non-hydrogen) atoms. The summed E-state index contributed by atoms with van der Waals surface area (Å²) >= 11 is 0. The van der Waals surface area contributed by atoms with Gasteiger partial charge in [-0.05, 0) is 42.4 Å². The van der Waals surface area contributed by atoms with Gasteiger partial charge >= 0.3 is 5.97 Å². The highest BCUT2D eigenvalue weighted by Gasteiger charge is 2.14. The molecule has 106 valence electrons. The first kappa shape index (κ1) is 15.5. The first-order chi connectivity index (χ1) is 8.78. The van der Waals surface area contributed by atoms with Crippen LogP contribution in [0.4, 0.5) is 5.69 Å². The predicted octanol–water partition coefficient (Wildman–Crippen LogP) is 4.26. The number of carboxylic acids is 1. The number of nitrogens with one attached hydrogen (secondary N) is 1. The summed E-state index contributed by atoms with van der Waals surface area (Å²) in [6.45, 7) is 9.91. The minimum Gasteiger partial charge on any atom is -0.478 e. The van der Waals surface area contributed by atoms with Gasteiger partial charge < -0.3 is 10.4 Å². The lowest BCUT2D eigenvalue weighted by atomic mass is 9.84. The Morgan fingerprint density at radius 3 is 2.63 bits per heavy atom. The van der Waals surface area contributed by atoms with E-state index < -0.39 is 5.97 Å². The molecule has 1 aromatic rings. The summed E-state index contributed by atoms with van der Waals surface area (Å²) in [7, 11) is 0. The second kappa shape index (κ2) is 6.60. The van der Waals surface area contributed by atoms with Crippen molar-refractivity contribution in [2.45, 2.75) is 40.5 Å². The zero-order chi connectivity index (χ0) is 14.5. The molecule has 1 rings (SSSR count). The standard InChI is InChI=1S/C16H25NO2/c1-12(11-16(2,3)4)8-9-17-14-7-5-6-13(10-14)15(18)19/h5-7,10,12,17H,8-9,11H2,1-4H3,(H,18,19). The first-order valence-corrected chi connectivity index (χ1v) is 6.85. The Labute approximate surface area is 116 Å². The van der Waals surface area contributed by atoms with E-state index in [4.69, 9.17) is 5.11 Å². The van der Waals surface area contributed by atoms with Crippen molar-refractivity contribution >= 4 is 11.7 Å². The molecular weight excluding hydrogens is 238 g/mol. The number of aromatic carboxylic acids is 1. The first-order valence-electron chi connectivity index (χ1n) is 6.85. The lowest BCUT2D eigenvalue weighted by Crippen LogP contribution is -2.14. The third-order valence-electron chi connectivity index (χ3n) is 3.04. The number of benzene rings is 1. The Morgan fingerprint density at radius 2 is 2.05 bits per heavy atom. The molecule has 1 unspecified atom stereocenters. The van der Waals surface area contributed by atoms with Gasteiger partial charge in [0.05, 0.1) is 5.56 Å². The van der Waals surface area contributed by atoms with Crippen LogP contribution in [-0.4, -0.2) is 17.6 Å². The van der Waals surface area contributed by atoms with E-state index in [0.29, 0.717) is 16.9 Å². The van der Waals surface area contributed by atoms with Gasteiger partial charge in [0.1, 0.15) is 0 Å². The van der Waals surface area contributed by atoms with E-state index in [9.17, 15) is 4.79 Å². The Kier molecular flexibility index (Phi) is 5.40. The van der Waals surface area contributed by atoms with Crippen LogP contribution in [-0.2, 0) is 0 Å². The van der Waals surface area contributed by atoms with Crippen molar-refractivity contribution in [1.29, 1.82) is 0 Å². The molecular formula is C16H25NO2. The predicted molar refractivity (Wildman–Crippen MR) is 79.7 cm³/mol. The van der Waals surface area contributed by atoms with Crippen LogP contribution in [0, 0.1) is 11.3 Å². The molecule has 0 aliphatic rings. The van der Waals surface area contributed by atoms with Crippen molar-refractivity contribution in [3.8, 4) is 0 Å². The average Bonchev–Trinajstić information content (AvgIpc) is 2.27. The maximum atomic E-state index is 10.9. The highest BCUT2D eigenvalue weighted by Crippen LogP contribution is 2.25. The quantitative estimate of drug-likeness (QED) is 0.806. The number of carbonyl (C=O) groups is 1. The molecule has 0 bridgehead atoms. The van der Waals surface area contributed by atoms with Gasteiger partial charge in [-0.1, -0.05) is 33.8 Å². The Bertz CT molecular complexity index is 421. The fraction of sp³-hybridized carbons (Fsp3) is 0.562. The largest absolute Gasteiger partial charge is 0.478 e. The SMILES string of the molecule is CC(CCNc1cccc(C(=O)O)c1)CC(C)(C)C. The lowest BCUT2D eigenvalue weighted by molar-refractivity contribution is 0.0697. The summed E-state index contributed by atoms with van der Waals surface area (Å²) in [6, 6.07) is 6.96. The lowest BCUT2D eigenvalue weighted by Gasteiger charge is -2.23. The molecule has 0 radical (unpaired) electrons. The summed E-state index contributed by atoms with van der Waals surface area (Å²) < 4.78 is 0. The van der Waals surface area contributed by atoms with E-state index in [1.54, 1.807) is 18.2 Å². The van der Waals surface area contributed by atoms with E-state index in [2.05, 4.69) is 33.0 Å². The minimum atomic E-state index is -0.884. The van der Waals surface area contributed by atoms with Crippen molar-refractivity contribution < 1.29 is 9.90 Å². The van der Waals surface area contributed by atoms with Crippen molar-refractivity contribution in [2.24, 2.45) is 11.3 Å². The third kappa shape index (κ3) is 6.27. The molecule has 1 aromatic carbocycles. The maximum absolute atomic E-state index is 10.9. The Hall–Kier alpha value is -1.51. The van der Waals surface area contributed by atoms with E-state index in [1.165, 1.54) is 6.42 Å². The zero-order valence-corrected chi connectivity index (χ0v) is 12.4. The third-order valence-corrected chi connectivity index (χ3v) is 3.04. The summed E-state index contributed by atoms with van der Waals surface area (Å²) in [5, 5.41) is 12.2. The fourth-order valence-electron chi connectivity index (χ4n) is 2.37. The second-order valence-corrected chi connectivity index (χ2v) is 6.47. The van der Waals surface area contributed by atoms with Gasteiger partial charge in [-0.2, -0.15) is 0 Å². The van der Waals surface area contributed by atoms with Crippen LogP contribution >= 0.6 is 0 Å². The smallest absolute Gasteiger partial charge is 0.335 e. The van der Waals surface area contributed by atoms with Gasteiger partial charge in [0.2, 0.25) is 0 Å². The molecule has 0 saturated heterocycles. The molecule has 0 saturated carbocycles. The molecule has 0 aromatic heterocycles. The number of rotatable bonds is 6. The Morgan fingerprint density at radius 1 is 1.37 bits per heavy atom. The van der Waals surface area contributed by atoms with Gasteiger partial charge in [-0.25, -0.2) is 4.79 Å². The normalized spacial score (nSPS) is 13.1. The zero-order valence-electron chi connectivity index (χ0n) is 12.4. The van der Waals surface area contributed by atoms with Crippen molar-refractivity contribution in [3.05, 3.63) is 29.8 Å². The van der Waals surface area contributed by atoms with Crippen molar-refractivity contribution in [3.63, 3.8) is 0 Å². The topological polar surface area (TPSA) is 49.3 Å². The second-order valence-electron chi connectivity index (χ2n) is 6.47. The highest BCUT2D eigenvalue weighted by atomic mass is 16.4. The van der Waals surface area contributed by atoms with Gasteiger partial charge in [0.25, 0.3) is 0 Å². The van der Waals surface area contributed by atoms with E-state index in [0.717, 1.165) is 18.7 Å². The van der Waals surface area contributed by atoms with Crippen LogP contribution in [0.1, 0.15) is 50.9 Å². The van der Waals surface area contributed by atoms with E-state index in [1.807, 2.05) is 6.07 Å². The molecule has 2 N–H and O–H groups in total. The monoisotopic (exact) mass is 263 g/mol. The number of hydrogen-bond acceptors (Lipinski definition) is 2. The molecule has 3 heteroatoms. The molecule has 0 heterocycles. The van der Waals surface area contributed by atoms with Crippen LogP contribution in [0.3, 0.4) is 0 Å². The molecule has 0 amide bonds. The number of anilines is 1. The highest BCUT2D eigenvalue weighted by molar-refractivity contribution is 5.88. The van der Waals surface area contributed by atoms with Gasteiger partial charge in [0.15, 0.2) is 0 Å². The summed E-state index contributed by atoms with van der Waals surface area (Å²) in [6.07, 6.45) is 2.29.